The summed E-state index contributed by atoms with van der Waals surface area (Å²) in [5, 5.41) is 0.498. The van der Waals surface area contributed by atoms with Crippen molar-refractivity contribution in [3.05, 3.63) is 28.0 Å². The zero-order valence-corrected chi connectivity index (χ0v) is 10.8. The summed E-state index contributed by atoms with van der Waals surface area (Å²) in [6, 6.07) is 1.54. The van der Waals surface area contributed by atoms with Crippen LogP contribution in [0.15, 0.2) is 12.3 Å². The van der Waals surface area contributed by atoms with Gasteiger partial charge in [0.2, 0.25) is 0 Å². The Bertz CT molecular complexity index is 439. The van der Waals surface area contributed by atoms with E-state index in [4.69, 9.17) is 27.9 Å². The number of amides is 1. The quantitative estimate of drug-likeness (QED) is 0.738. The third-order valence-electron chi connectivity index (χ3n) is 2.57. The molecule has 1 saturated heterocycles. The van der Waals surface area contributed by atoms with Gasteiger partial charge in [0.25, 0.3) is 5.91 Å². The normalized spacial score (nSPS) is 20.4. The molecule has 0 bridgehead atoms. The van der Waals surface area contributed by atoms with Crippen LogP contribution in [-0.2, 0) is 4.74 Å². The van der Waals surface area contributed by atoms with Gasteiger partial charge in [0.15, 0.2) is 0 Å². The predicted molar refractivity (Wildman–Crippen MR) is 65.6 cm³/mol. The Kier molecular flexibility index (Phi) is 3.86. The van der Waals surface area contributed by atoms with Gasteiger partial charge in [-0.05, 0) is 13.0 Å². The molecule has 6 heteroatoms. The summed E-state index contributed by atoms with van der Waals surface area (Å²) in [4.78, 5) is 17.7. The van der Waals surface area contributed by atoms with E-state index in [2.05, 4.69) is 4.98 Å². The van der Waals surface area contributed by atoms with E-state index < -0.39 is 0 Å². The Labute approximate surface area is 109 Å². The number of ether oxygens (including phenoxy) is 1. The molecule has 0 saturated carbocycles. The fourth-order valence-electron chi connectivity index (χ4n) is 1.72. The Hall–Kier alpha value is -0.840. The van der Waals surface area contributed by atoms with Gasteiger partial charge in [0.05, 0.1) is 23.3 Å². The third-order valence-corrected chi connectivity index (χ3v) is 3.26. The number of carbonyl (C=O) groups is 1. The van der Waals surface area contributed by atoms with E-state index in [9.17, 15) is 4.79 Å². The molecule has 17 heavy (non-hydrogen) atoms. The number of carbonyl (C=O) groups excluding carboxylic acids is 1. The summed E-state index contributed by atoms with van der Waals surface area (Å²) >= 11 is 11.5. The topological polar surface area (TPSA) is 42.4 Å². The second-order valence-corrected chi connectivity index (χ2v) is 4.69. The Morgan fingerprint density at radius 2 is 2.35 bits per heavy atom. The lowest BCUT2D eigenvalue weighted by molar-refractivity contribution is -0.0124. The van der Waals surface area contributed by atoms with Crippen LogP contribution >= 0.6 is 23.2 Å². The lowest BCUT2D eigenvalue weighted by Gasteiger charge is -2.31. The SMILES string of the molecule is CC1CN(C(=O)c2cnc(Cl)c(Cl)c2)CCO1. The zero-order valence-electron chi connectivity index (χ0n) is 9.32. The molecule has 1 unspecified atom stereocenters. The van der Waals surface area contributed by atoms with Crippen LogP contribution in [0.4, 0.5) is 0 Å². The summed E-state index contributed by atoms with van der Waals surface area (Å²) in [6.45, 7) is 3.66. The van der Waals surface area contributed by atoms with Crippen molar-refractivity contribution in [3.63, 3.8) is 0 Å². The van der Waals surface area contributed by atoms with Gasteiger partial charge >= 0.3 is 0 Å². The molecule has 0 aliphatic carbocycles. The van der Waals surface area contributed by atoms with Crippen molar-refractivity contribution in [2.75, 3.05) is 19.7 Å². The minimum atomic E-state index is -0.0915. The number of hydrogen-bond donors (Lipinski definition) is 0. The Morgan fingerprint density at radius 1 is 1.59 bits per heavy atom. The molecule has 1 aromatic heterocycles. The maximum atomic E-state index is 12.1. The molecular formula is C11H12Cl2N2O2. The molecule has 1 fully saturated rings. The summed E-state index contributed by atoms with van der Waals surface area (Å²) in [6.07, 6.45) is 1.50. The lowest BCUT2D eigenvalue weighted by atomic mass is 10.2. The summed E-state index contributed by atoms with van der Waals surface area (Å²) < 4.78 is 5.38. The zero-order chi connectivity index (χ0) is 12.4. The highest BCUT2D eigenvalue weighted by Gasteiger charge is 2.23. The monoisotopic (exact) mass is 274 g/mol. The van der Waals surface area contributed by atoms with Gasteiger partial charge in [-0.15, -0.1) is 0 Å². The fraction of sp³-hybridized carbons (Fsp3) is 0.455. The van der Waals surface area contributed by atoms with Gasteiger partial charge in [-0.3, -0.25) is 4.79 Å². The van der Waals surface area contributed by atoms with E-state index in [0.29, 0.717) is 30.3 Å². The molecule has 4 nitrogen and oxygen atoms in total. The van der Waals surface area contributed by atoms with E-state index in [1.807, 2.05) is 6.92 Å². The van der Waals surface area contributed by atoms with E-state index >= 15 is 0 Å². The molecule has 1 aliphatic heterocycles. The first-order valence-corrected chi connectivity index (χ1v) is 6.05. The maximum absolute atomic E-state index is 12.1. The Balaban J connectivity index is 2.15. The smallest absolute Gasteiger partial charge is 0.255 e. The van der Waals surface area contributed by atoms with Crippen LogP contribution in [0.3, 0.4) is 0 Å². The maximum Gasteiger partial charge on any atom is 0.255 e. The largest absolute Gasteiger partial charge is 0.375 e. The van der Waals surface area contributed by atoms with Gasteiger partial charge in [-0.1, -0.05) is 23.2 Å². The number of pyridine rings is 1. The van der Waals surface area contributed by atoms with Crippen LogP contribution in [0.25, 0.3) is 0 Å². The summed E-state index contributed by atoms with van der Waals surface area (Å²) in [5.41, 5.74) is 0.452. The average Bonchev–Trinajstić information content (AvgIpc) is 2.32. The Morgan fingerprint density at radius 3 is 3.00 bits per heavy atom. The molecule has 1 amide bonds. The molecule has 1 atom stereocenters. The van der Waals surface area contributed by atoms with Gasteiger partial charge in [-0.2, -0.15) is 0 Å². The van der Waals surface area contributed by atoms with Crippen molar-refractivity contribution in [1.29, 1.82) is 0 Å². The second-order valence-electron chi connectivity index (χ2n) is 3.93. The molecule has 1 aliphatic rings. The van der Waals surface area contributed by atoms with Crippen molar-refractivity contribution < 1.29 is 9.53 Å². The summed E-state index contributed by atoms with van der Waals surface area (Å²) in [7, 11) is 0. The van der Waals surface area contributed by atoms with Crippen molar-refractivity contribution in [2.24, 2.45) is 0 Å². The molecule has 0 radical (unpaired) electrons. The van der Waals surface area contributed by atoms with E-state index in [1.165, 1.54) is 6.20 Å². The minimum absolute atomic E-state index is 0.0587. The summed E-state index contributed by atoms with van der Waals surface area (Å²) in [5.74, 6) is -0.0915. The molecule has 0 spiro atoms. The average molecular weight is 275 g/mol. The van der Waals surface area contributed by atoms with E-state index in [0.717, 1.165) is 0 Å². The highest BCUT2D eigenvalue weighted by molar-refractivity contribution is 6.41. The van der Waals surface area contributed by atoms with Crippen molar-refractivity contribution >= 4 is 29.1 Å². The number of hydrogen-bond acceptors (Lipinski definition) is 3. The van der Waals surface area contributed by atoms with Crippen LogP contribution in [-0.4, -0.2) is 41.6 Å². The third kappa shape index (κ3) is 2.89. The van der Waals surface area contributed by atoms with Crippen molar-refractivity contribution in [1.82, 2.24) is 9.88 Å². The van der Waals surface area contributed by atoms with Gasteiger partial charge in [-0.25, -0.2) is 4.98 Å². The number of aromatic nitrogens is 1. The van der Waals surface area contributed by atoms with Crippen LogP contribution in [0.2, 0.25) is 10.2 Å². The highest BCUT2D eigenvalue weighted by Crippen LogP contribution is 2.21. The number of morpholine rings is 1. The molecule has 1 aromatic rings. The standard InChI is InChI=1S/C11H12Cl2N2O2/c1-7-6-15(2-3-17-7)11(16)8-4-9(12)10(13)14-5-8/h4-5,7H,2-3,6H2,1H3. The van der Waals surface area contributed by atoms with E-state index in [-0.39, 0.29) is 17.2 Å². The van der Waals surface area contributed by atoms with Crippen molar-refractivity contribution in [2.45, 2.75) is 13.0 Å². The first-order valence-electron chi connectivity index (χ1n) is 5.30. The molecule has 2 rings (SSSR count). The van der Waals surface area contributed by atoms with Crippen LogP contribution in [0, 0.1) is 0 Å². The number of halogens is 2. The number of rotatable bonds is 1. The predicted octanol–water partition coefficient (Wildman–Crippen LogP) is 2.25. The minimum Gasteiger partial charge on any atom is -0.375 e. The van der Waals surface area contributed by atoms with Crippen LogP contribution < -0.4 is 0 Å². The van der Waals surface area contributed by atoms with Crippen LogP contribution in [0.1, 0.15) is 17.3 Å². The molecule has 92 valence electrons. The molecule has 0 aromatic carbocycles. The number of nitrogens with zero attached hydrogens (tertiary/aromatic N) is 2. The molecular weight excluding hydrogens is 263 g/mol. The lowest BCUT2D eigenvalue weighted by Crippen LogP contribution is -2.44. The van der Waals surface area contributed by atoms with Crippen LogP contribution in [0.5, 0.6) is 0 Å². The highest BCUT2D eigenvalue weighted by atomic mass is 35.5. The first-order chi connectivity index (χ1) is 8.08. The van der Waals surface area contributed by atoms with Crippen molar-refractivity contribution in [3.8, 4) is 0 Å². The fourth-order valence-corrected chi connectivity index (χ4v) is 1.99. The first kappa shape index (κ1) is 12.6. The van der Waals surface area contributed by atoms with Gasteiger partial charge < -0.3 is 9.64 Å². The molecule has 0 N–H and O–H groups in total. The van der Waals surface area contributed by atoms with Gasteiger partial charge in [0, 0.05) is 19.3 Å². The molecule has 2 heterocycles. The second kappa shape index (κ2) is 5.21. The van der Waals surface area contributed by atoms with Gasteiger partial charge in [0.1, 0.15) is 5.15 Å². The van der Waals surface area contributed by atoms with E-state index in [1.54, 1.807) is 11.0 Å².